The maximum Gasteiger partial charge on any atom is 0.0431 e. The second kappa shape index (κ2) is 19.7. The maximum atomic E-state index is 8.71. The molecule has 0 aromatic carbocycles. The number of aliphatic hydroxyl groups excluding tert-OH is 1. The van der Waals surface area contributed by atoms with Crippen LogP contribution in [0, 0.1) is 5.92 Å². The summed E-state index contributed by atoms with van der Waals surface area (Å²) in [7, 11) is 0. The van der Waals surface area contributed by atoms with Crippen LogP contribution in [0.2, 0.25) is 0 Å². The van der Waals surface area contributed by atoms with Gasteiger partial charge in [0.25, 0.3) is 0 Å². The molecule has 0 aliphatic rings. The van der Waals surface area contributed by atoms with Crippen molar-refractivity contribution in [2.24, 2.45) is 5.92 Å². The summed E-state index contributed by atoms with van der Waals surface area (Å²) in [6, 6.07) is 0. The van der Waals surface area contributed by atoms with Crippen LogP contribution in [0.5, 0.6) is 0 Å². The number of rotatable bonds is 18. The van der Waals surface area contributed by atoms with E-state index in [1.54, 1.807) is 0 Å². The Morgan fingerprint density at radius 1 is 0.565 bits per heavy atom. The SMILES string of the molecule is CC(C)CCCCCC=CCCCCCCCCCCCCO. The zero-order valence-corrected chi connectivity index (χ0v) is 16.2. The van der Waals surface area contributed by atoms with Gasteiger partial charge >= 0.3 is 0 Å². The Morgan fingerprint density at radius 3 is 1.39 bits per heavy atom. The van der Waals surface area contributed by atoms with Crippen LogP contribution < -0.4 is 0 Å². The van der Waals surface area contributed by atoms with Crippen LogP contribution in [0.1, 0.15) is 117 Å². The molecule has 0 heterocycles. The highest BCUT2D eigenvalue weighted by Crippen LogP contribution is 2.12. The van der Waals surface area contributed by atoms with Crippen molar-refractivity contribution in [3.8, 4) is 0 Å². The van der Waals surface area contributed by atoms with Gasteiger partial charge in [-0.05, 0) is 38.0 Å². The van der Waals surface area contributed by atoms with Gasteiger partial charge in [0.2, 0.25) is 0 Å². The molecule has 0 aliphatic heterocycles. The van der Waals surface area contributed by atoms with Crippen LogP contribution >= 0.6 is 0 Å². The summed E-state index contributed by atoms with van der Waals surface area (Å²) in [6.07, 6.45) is 26.3. The van der Waals surface area contributed by atoms with Gasteiger partial charge in [-0.1, -0.05) is 96.6 Å². The number of aliphatic hydroxyl groups is 1. The molecule has 0 saturated carbocycles. The molecule has 0 aromatic heterocycles. The zero-order valence-electron chi connectivity index (χ0n) is 16.2. The Kier molecular flexibility index (Phi) is 19.5. The third kappa shape index (κ3) is 21.7. The van der Waals surface area contributed by atoms with Crippen LogP contribution in [0.25, 0.3) is 0 Å². The Morgan fingerprint density at radius 2 is 0.957 bits per heavy atom. The van der Waals surface area contributed by atoms with E-state index in [0.717, 1.165) is 12.3 Å². The van der Waals surface area contributed by atoms with Gasteiger partial charge in [-0.15, -0.1) is 0 Å². The van der Waals surface area contributed by atoms with Crippen molar-refractivity contribution in [3.63, 3.8) is 0 Å². The first-order valence-electron chi connectivity index (χ1n) is 10.5. The summed E-state index contributed by atoms with van der Waals surface area (Å²) in [5.74, 6) is 0.872. The number of unbranched alkanes of at least 4 members (excludes halogenated alkanes) is 13. The Balaban J connectivity index is 3.05. The fraction of sp³-hybridized carbons (Fsp3) is 0.909. The molecular weight excluding hydrogens is 280 g/mol. The van der Waals surface area contributed by atoms with Gasteiger partial charge in [0.05, 0.1) is 0 Å². The van der Waals surface area contributed by atoms with Gasteiger partial charge in [-0.25, -0.2) is 0 Å². The molecule has 1 N–H and O–H groups in total. The molecule has 0 bridgehead atoms. The molecule has 0 amide bonds. The fourth-order valence-corrected chi connectivity index (χ4v) is 3.02. The maximum absolute atomic E-state index is 8.71. The van der Waals surface area contributed by atoms with Crippen LogP contribution in [-0.2, 0) is 0 Å². The minimum Gasteiger partial charge on any atom is -0.396 e. The van der Waals surface area contributed by atoms with Gasteiger partial charge < -0.3 is 5.11 Å². The second-order valence-electron chi connectivity index (χ2n) is 7.55. The van der Waals surface area contributed by atoms with Crippen molar-refractivity contribution in [2.45, 2.75) is 117 Å². The minimum atomic E-state index is 0.368. The van der Waals surface area contributed by atoms with Crippen molar-refractivity contribution >= 4 is 0 Å². The molecule has 138 valence electrons. The first kappa shape index (κ1) is 22.7. The molecule has 0 unspecified atom stereocenters. The predicted molar refractivity (Wildman–Crippen MR) is 105 cm³/mol. The van der Waals surface area contributed by atoms with E-state index >= 15 is 0 Å². The van der Waals surface area contributed by atoms with Crippen LogP contribution in [0.4, 0.5) is 0 Å². The summed E-state index contributed by atoms with van der Waals surface area (Å²) in [4.78, 5) is 0. The lowest BCUT2D eigenvalue weighted by atomic mass is 10.0. The standard InChI is InChI=1S/C22H44O/c1-22(2)20-18-16-14-12-10-8-6-4-3-5-7-9-11-13-15-17-19-21-23/h8,10,22-23H,3-7,9,11-21H2,1-2H3. The fourth-order valence-electron chi connectivity index (χ4n) is 3.02. The second-order valence-corrected chi connectivity index (χ2v) is 7.55. The number of hydrogen-bond acceptors (Lipinski definition) is 1. The largest absolute Gasteiger partial charge is 0.396 e. The average molecular weight is 325 g/mol. The van der Waals surface area contributed by atoms with E-state index in [2.05, 4.69) is 26.0 Å². The van der Waals surface area contributed by atoms with Crippen molar-refractivity contribution in [2.75, 3.05) is 6.61 Å². The third-order valence-electron chi connectivity index (χ3n) is 4.60. The van der Waals surface area contributed by atoms with E-state index in [0.29, 0.717) is 6.61 Å². The van der Waals surface area contributed by atoms with Crippen molar-refractivity contribution in [1.82, 2.24) is 0 Å². The molecular formula is C22H44O. The molecule has 1 nitrogen and oxygen atoms in total. The van der Waals surface area contributed by atoms with Crippen molar-refractivity contribution in [3.05, 3.63) is 12.2 Å². The molecule has 0 fully saturated rings. The van der Waals surface area contributed by atoms with Gasteiger partial charge in [0.15, 0.2) is 0 Å². The lowest BCUT2D eigenvalue weighted by Gasteiger charge is -2.02. The smallest absolute Gasteiger partial charge is 0.0431 e. The quantitative estimate of drug-likeness (QED) is 0.205. The van der Waals surface area contributed by atoms with Crippen molar-refractivity contribution in [1.29, 1.82) is 0 Å². The first-order chi connectivity index (χ1) is 11.3. The number of hydrogen-bond donors (Lipinski definition) is 1. The topological polar surface area (TPSA) is 20.2 Å². The lowest BCUT2D eigenvalue weighted by Crippen LogP contribution is -1.86. The highest BCUT2D eigenvalue weighted by molar-refractivity contribution is 4.81. The van der Waals surface area contributed by atoms with E-state index in [4.69, 9.17) is 5.11 Å². The number of allylic oxidation sites excluding steroid dienone is 2. The normalized spacial score (nSPS) is 11.8. The van der Waals surface area contributed by atoms with Crippen molar-refractivity contribution < 1.29 is 5.11 Å². The third-order valence-corrected chi connectivity index (χ3v) is 4.60. The highest BCUT2D eigenvalue weighted by atomic mass is 16.2. The molecule has 0 atom stereocenters. The Labute approximate surface area is 147 Å². The molecule has 0 rings (SSSR count). The molecule has 23 heavy (non-hydrogen) atoms. The Bertz CT molecular complexity index is 232. The minimum absolute atomic E-state index is 0.368. The summed E-state index contributed by atoms with van der Waals surface area (Å²) >= 11 is 0. The molecule has 0 radical (unpaired) electrons. The summed E-state index contributed by atoms with van der Waals surface area (Å²) in [5, 5.41) is 8.71. The monoisotopic (exact) mass is 324 g/mol. The molecule has 0 spiro atoms. The lowest BCUT2D eigenvalue weighted by molar-refractivity contribution is 0.282. The first-order valence-corrected chi connectivity index (χ1v) is 10.5. The average Bonchev–Trinajstić information content (AvgIpc) is 2.53. The summed E-state index contributed by atoms with van der Waals surface area (Å²) < 4.78 is 0. The van der Waals surface area contributed by atoms with Gasteiger partial charge in [0.1, 0.15) is 0 Å². The van der Waals surface area contributed by atoms with E-state index < -0.39 is 0 Å². The van der Waals surface area contributed by atoms with E-state index in [-0.39, 0.29) is 0 Å². The van der Waals surface area contributed by atoms with E-state index in [1.165, 1.54) is 96.3 Å². The van der Waals surface area contributed by atoms with Gasteiger partial charge in [0, 0.05) is 6.61 Å². The molecule has 1 heteroatoms. The van der Waals surface area contributed by atoms with Crippen LogP contribution in [0.15, 0.2) is 12.2 Å². The van der Waals surface area contributed by atoms with Gasteiger partial charge in [-0.3, -0.25) is 0 Å². The van der Waals surface area contributed by atoms with Crippen LogP contribution in [0.3, 0.4) is 0 Å². The van der Waals surface area contributed by atoms with Gasteiger partial charge in [-0.2, -0.15) is 0 Å². The summed E-state index contributed by atoms with van der Waals surface area (Å²) in [6.45, 7) is 5.00. The molecule has 0 aliphatic carbocycles. The van der Waals surface area contributed by atoms with Crippen LogP contribution in [-0.4, -0.2) is 11.7 Å². The molecule has 0 saturated heterocycles. The predicted octanol–water partition coefficient (Wildman–Crippen LogP) is 7.43. The van der Waals surface area contributed by atoms with E-state index in [9.17, 15) is 0 Å². The highest BCUT2D eigenvalue weighted by Gasteiger charge is 1.94. The van der Waals surface area contributed by atoms with E-state index in [1.807, 2.05) is 0 Å². The summed E-state index contributed by atoms with van der Waals surface area (Å²) in [5.41, 5.74) is 0. The Hall–Kier alpha value is -0.300. The molecule has 0 aromatic rings. The zero-order chi connectivity index (χ0) is 17.0.